The Balaban J connectivity index is 1.16. The van der Waals surface area contributed by atoms with Crippen LogP contribution in [0.15, 0.2) is 34.9 Å². The second-order valence-corrected chi connectivity index (χ2v) is 14.5. The van der Waals surface area contributed by atoms with Gasteiger partial charge in [-0.2, -0.15) is 0 Å². The Bertz CT molecular complexity index is 2150. The number of amides is 1. The maximum absolute atomic E-state index is 13.3. The molecule has 24 nitrogen and oxygen atoms in total. The van der Waals surface area contributed by atoms with E-state index in [4.69, 9.17) is 28.0 Å². The van der Waals surface area contributed by atoms with E-state index in [0.29, 0.717) is 0 Å². The number of aliphatic hydroxyl groups is 3. The number of esters is 1. The van der Waals surface area contributed by atoms with Crippen molar-refractivity contribution in [2.24, 2.45) is 0 Å². The SMILES string of the molecule is C[C@H](NC(=O)OC(C)(C)C)C(=O)OC[C@H]1O[C@@H](n2cnc3c(=O)[nH]cnc32)[C@H](O)[C@@H]1OP(=O)(O)OC[C@H]1O[C@@H](n2cnc3c(=O)[nH]cnc32)[C@H](O)[C@@H]1O. The second kappa shape index (κ2) is 14.6. The Hall–Kier alpha value is -4.65. The third-order valence-corrected chi connectivity index (χ3v) is 9.04. The molecule has 7 N–H and O–H groups in total. The molecule has 0 radical (unpaired) electrons. The normalized spacial score (nSPS) is 27.8. The van der Waals surface area contributed by atoms with E-state index in [1.165, 1.54) is 11.5 Å². The zero-order valence-electron chi connectivity index (χ0n) is 28.3. The number of phosphoric acid groups is 1. The van der Waals surface area contributed by atoms with Crippen molar-refractivity contribution in [3.05, 3.63) is 46.0 Å². The fourth-order valence-electron chi connectivity index (χ4n) is 5.59. The van der Waals surface area contributed by atoms with Crippen LogP contribution in [0.4, 0.5) is 4.79 Å². The number of rotatable bonds is 11. The molecule has 4 aromatic heterocycles. The number of ether oxygens (including phenoxy) is 4. The summed E-state index contributed by atoms with van der Waals surface area (Å²) in [7, 11) is -5.20. The zero-order valence-corrected chi connectivity index (χ0v) is 29.2. The van der Waals surface area contributed by atoms with E-state index < -0.39 is 105 Å². The molecule has 10 atom stereocenters. The van der Waals surface area contributed by atoms with E-state index in [2.05, 4.69) is 35.2 Å². The number of aromatic nitrogens is 8. The van der Waals surface area contributed by atoms with Crippen molar-refractivity contribution >= 4 is 42.2 Å². The Labute approximate surface area is 296 Å². The van der Waals surface area contributed by atoms with Gasteiger partial charge in [0.05, 0.1) is 31.9 Å². The molecule has 2 aliphatic rings. The lowest BCUT2D eigenvalue weighted by Gasteiger charge is -2.24. The van der Waals surface area contributed by atoms with Crippen molar-refractivity contribution in [2.45, 2.75) is 88.4 Å². The average molecular weight is 770 g/mol. The summed E-state index contributed by atoms with van der Waals surface area (Å²) in [6.07, 6.45) is -8.96. The summed E-state index contributed by atoms with van der Waals surface area (Å²) in [5.41, 5.74) is -2.20. The summed E-state index contributed by atoms with van der Waals surface area (Å²) in [5, 5.41) is 35.0. The molecule has 25 heteroatoms. The van der Waals surface area contributed by atoms with Gasteiger partial charge < -0.3 is 54.4 Å². The number of nitrogens with zero attached hydrogens (tertiary/aromatic N) is 6. The van der Waals surface area contributed by atoms with E-state index >= 15 is 0 Å². The fourth-order valence-corrected chi connectivity index (χ4v) is 6.56. The van der Waals surface area contributed by atoms with Crippen molar-refractivity contribution in [1.82, 2.24) is 44.4 Å². The molecule has 6 rings (SSSR count). The highest BCUT2D eigenvalue weighted by Gasteiger charge is 2.51. The number of imidazole rings is 2. The third kappa shape index (κ3) is 8.00. The molecular formula is C28H36N9O15P. The molecule has 0 saturated carbocycles. The number of fused-ring (bicyclic) bond motifs is 2. The Morgan fingerprint density at radius 1 is 0.906 bits per heavy atom. The Morgan fingerprint density at radius 3 is 2.02 bits per heavy atom. The first-order chi connectivity index (χ1) is 24.9. The molecule has 0 aliphatic carbocycles. The maximum atomic E-state index is 13.3. The number of aliphatic hydroxyl groups excluding tert-OH is 3. The summed E-state index contributed by atoms with van der Waals surface area (Å²) in [4.78, 5) is 80.7. The molecule has 288 valence electrons. The smallest absolute Gasteiger partial charge is 0.461 e. The van der Waals surface area contributed by atoms with Gasteiger partial charge in [0, 0.05) is 0 Å². The van der Waals surface area contributed by atoms with E-state index in [0.717, 1.165) is 29.9 Å². The van der Waals surface area contributed by atoms with Crippen molar-refractivity contribution in [3.8, 4) is 0 Å². The number of carbonyl (C=O) groups is 2. The van der Waals surface area contributed by atoms with E-state index in [-0.39, 0.29) is 22.3 Å². The molecule has 1 amide bonds. The highest BCUT2D eigenvalue weighted by molar-refractivity contribution is 7.47. The number of hydrogen-bond acceptors (Lipinski definition) is 18. The molecule has 2 saturated heterocycles. The highest BCUT2D eigenvalue weighted by Crippen LogP contribution is 2.49. The highest BCUT2D eigenvalue weighted by atomic mass is 31.2. The van der Waals surface area contributed by atoms with Gasteiger partial charge in [-0.3, -0.25) is 27.8 Å². The number of phosphoric ester groups is 1. The van der Waals surface area contributed by atoms with Crippen LogP contribution >= 0.6 is 7.82 Å². The number of alkyl carbamates (subject to hydrolysis) is 1. The minimum Gasteiger partial charge on any atom is -0.461 e. The van der Waals surface area contributed by atoms with Gasteiger partial charge >= 0.3 is 19.9 Å². The van der Waals surface area contributed by atoms with Gasteiger partial charge in [0.15, 0.2) is 34.8 Å². The standard InChI is InChI=1S/C28H36N9O15P/c1-11(35-27(44)51-28(2,3)4)26(43)47-5-13-19(18(40)25(50-13)37-10-34-15-21(37)30-8-32-23(15)42)52-53(45,46)48-6-12-16(38)17(39)24(49-12)36-9-33-14-20(36)29-7-31-22(14)41/h7-13,16-19,24-25,38-40H,5-6H2,1-4H3,(H,35,44)(H,45,46)(H,29,31,41)(H,30,32,42)/t11-,12+,13+,16+,17+,18+,19+,24+,25+/m0/s1. The third-order valence-electron chi connectivity index (χ3n) is 8.06. The van der Waals surface area contributed by atoms with Crippen LogP contribution in [0.1, 0.15) is 40.2 Å². The van der Waals surface area contributed by atoms with Crippen LogP contribution in [0.3, 0.4) is 0 Å². The van der Waals surface area contributed by atoms with Gasteiger partial charge in [-0.05, 0) is 27.7 Å². The minimum absolute atomic E-state index is 0.0275. The maximum Gasteiger partial charge on any atom is 0.472 e. The summed E-state index contributed by atoms with van der Waals surface area (Å²) >= 11 is 0. The molecule has 6 heterocycles. The van der Waals surface area contributed by atoms with Crippen molar-refractivity contribution in [1.29, 1.82) is 0 Å². The van der Waals surface area contributed by atoms with Crippen molar-refractivity contribution in [3.63, 3.8) is 0 Å². The Morgan fingerprint density at radius 2 is 1.45 bits per heavy atom. The lowest BCUT2D eigenvalue weighted by Crippen LogP contribution is -2.43. The zero-order chi connectivity index (χ0) is 38.4. The van der Waals surface area contributed by atoms with Gasteiger partial charge in [-0.25, -0.2) is 34.1 Å². The lowest BCUT2D eigenvalue weighted by atomic mass is 10.1. The predicted octanol–water partition coefficient (Wildman–Crippen LogP) is -1.91. The molecule has 53 heavy (non-hydrogen) atoms. The van der Waals surface area contributed by atoms with Crippen LogP contribution < -0.4 is 16.4 Å². The van der Waals surface area contributed by atoms with E-state index in [1.54, 1.807) is 20.8 Å². The topological polar surface area (TPSA) is 327 Å². The summed E-state index contributed by atoms with van der Waals surface area (Å²) < 4.78 is 48.1. The summed E-state index contributed by atoms with van der Waals surface area (Å²) in [6.45, 7) is 4.68. The van der Waals surface area contributed by atoms with Crippen LogP contribution in [0, 0.1) is 0 Å². The molecule has 0 aromatic carbocycles. The largest absolute Gasteiger partial charge is 0.472 e. The van der Waals surface area contributed by atoms with E-state index in [1.807, 2.05) is 0 Å². The van der Waals surface area contributed by atoms with Crippen molar-refractivity contribution in [2.75, 3.05) is 13.2 Å². The van der Waals surface area contributed by atoms with Gasteiger partial charge in [0.2, 0.25) is 0 Å². The van der Waals surface area contributed by atoms with Gasteiger partial charge in [0.1, 0.15) is 54.9 Å². The first-order valence-electron chi connectivity index (χ1n) is 15.9. The van der Waals surface area contributed by atoms with Crippen LogP contribution in [-0.4, -0.2) is 133 Å². The average Bonchev–Trinajstić information content (AvgIpc) is 3.84. The number of aromatic amines is 2. The number of hydrogen-bond donors (Lipinski definition) is 7. The second-order valence-electron chi connectivity index (χ2n) is 13.0. The minimum atomic E-state index is -5.20. The molecule has 0 spiro atoms. The molecule has 1 unspecified atom stereocenters. The molecule has 2 fully saturated rings. The van der Waals surface area contributed by atoms with Crippen LogP contribution in [0.25, 0.3) is 22.3 Å². The molecule has 0 bridgehead atoms. The van der Waals surface area contributed by atoms with Crippen LogP contribution in [-0.2, 0) is 37.4 Å². The predicted molar refractivity (Wildman–Crippen MR) is 173 cm³/mol. The summed E-state index contributed by atoms with van der Waals surface area (Å²) in [5.74, 6) is -0.966. The van der Waals surface area contributed by atoms with Gasteiger partial charge in [-0.15, -0.1) is 0 Å². The van der Waals surface area contributed by atoms with Crippen LogP contribution in [0.5, 0.6) is 0 Å². The first-order valence-corrected chi connectivity index (χ1v) is 17.4. The molecule has 2 aliphatic heterocycles. The number of nitrogens with one attached hydrogen (secondary N) is 3. The van der Waals surface area contributed by atoms with E-state index in [9.17, 15) is 44.0 Å². The number of carbonyl (C=O) groups excluding carboxylic acids is 2. The monoisotopic (exact) mass is 769 g/mol. The van der Waals surface area contributed by atoms with Crippen LogP contribution in [0.2, 0.25) is 0 Å². The first kappa shape index (κ1) is 38.1. The fraction of sp³-hybridized carbons (Fsp3) is 0.571. The quantitative estimate of drug-likeness (QED) is 0.0646. The van der Waals surface area contributed by atoms with Gasteiger partial charge in [0.25, 0.3) is 11.1 Å². The van der Waals surface area contributed by atoms with Gasteiger partial charge in [-0.1, -0.05) is 0 Å². The lowest BCUT2D eigenvalue weighted by molar-refractivity contribution is -0.152. The number of H-pyrrole nitrogens is 2. The molecule has 4 aromatic rings. The molecular weight excluding hydrogens is 733 g/mol. The Kier molecular flexibility index (Phi) is 10.5. The summed E-state index contributed by atoms with van der Waals surface area (Å²) in [6, 6.07) is -1.22. The van der Waals surface area contributed by atoms with Crippen molar-refractivity contribution < 1.29 is 62.4 Å².